The molecule has 33 heavy (non-hydrogen) atoms. The second kappa shape index (κ2) is 8.78. The van der Waals surface area contributed by atoms with Crippen molar-refractivity contribution in [2.24, 2.45) is 5.92 Å². The number of Topliss-reactive ketones (excluding diaryl/α,β-unsaturated/α-hetero) is 1. The number of thiophene rings is 1. The van der Waals surface area contributed by atoms with E-state index in [0.29, 0.717) is 26.7 Å². The van der Waals surface area contributed by atoms with Crippen molar-refractivity contribution in [1.29, 1.82) is 0 Å². The summed E-state index contributed by atoms with van der Waals surface area (Å²) in [4.78, 5) is 29.5. The van der Waals surface area contributed by atoms with Crippen molar-refractivity contribution in [2.75, 3.05) is 27.2 Å². The maximum Gasteiger partial charge on any atom is 0.273 e. The van der Waals surface area contributed by atoms with E-state index in [9.17, 15) is 9.59 Å². The van der Waals surface area contributed by atoms with Gasteiger partial charge in [-0.3, -0.25) is 14.2 Å². The lowest BCUT2D eigenvalue weighted by Gasteiger charge is -2.14. The summed E-state index contributed by atoms with van der Waals surface area (Å²) < 4.78 is 7.83. The first kappa shape index (κ1) is 21.9. The number of likely N-dealkylation sites (tertiary alicyclic amines) is 1. The van der Waals surface area contributed by atoms with Crippen LogP contribution in [0.15, 0.2) is 65.6 Å². The zero-order chi connectivity index (χ0) is 23.1. The monoisotopic (exact) mass is 478 g/mol. The van der Waals surface area contributed by atoms with Gasteiger partial charge in [0.05, 0.1) is 18.4 Å². The third-order valence-corrected chi connectivity index (χ3v) is 7.64. The quantitative estimate of drug-likeness (QED) is 0.355. The van der Waals surface area contributed by atoms with Crippen LogP contribution in [-0.2, 0) is 0 Å². The van der Waals surface area contributed by atoms with Gasteiger partial charge in [-0.05, 0) is 62.0 Å². The molecule has 5 nitrogen and oxygen atoms in total. The number of ketones is 1. The van der Waals surface area contributed by atoms with E-state index >= 15 is 0 Å². The van der Waals surface area contributed by atoms with Crippen LogP contribution in [0, 0.1) is 5.92 Å². The number of carbonyl (C=O) groups is 1. The Morgan fingerprint density at radius 2 is 1.91 bits per heavy atom. The molecule has 0 bridgehead atoms. The molecule has 5 rings (SSSR count). The third kappa shape index (κ3) is 4.10. The first-order valence-corrected chi connectivity index (χ1v) is 12.0. The zero-order valence-corrected chi connectivity index (χ0v) is 19.9. The Kier molecular flexibility index (Phi) is 5.83. The summed E-state index contributed by atoms with van der Waals surface area (Å²) in [6.07, 6.45) is 2.62. The van der Waals surface area contributed by atoms with Gasteiger partial charge in [0, 0.05) is 40.0 Å². The Hall–Kier alpha value is -2.93. The maximum atomic E-state index is 13.3. The normalized spacial score (nSPS) is 16.4. The molecule has 3 heterocycles. The van der Waals surface area contributed by atoms with Gasteiger partial charge in [-0.2, -0.15) is 0 Å². The number of hydrogen-bond donors (Lipinski definition) is 0. The van der Waals surface area contributed by atoms with E-state index < -0.39 is 0 Å². The molecule has 1 unspecified atom stereocenters. The van der Waals surface area contributed by atoms with Gasteiger partial charge in [0.2, 0.25) is 0 Å². The number of pyridine rings is 1. The van der Waals surface area contributed by atoms with Gasteiger partial charge in [-0.15, -0.1) is 11.3 Å². The highest BCUT2D eigenvalue weighted by Gasteiger charge is 2.29. The van der Waals surface area contributed by atoms with Crippen molar-refractivity contribution in [3.8, 4) is 21.9 Å². The van der Waals surface area contributed by atoms with Crippen molar-refractivity contribution >= 4 is 38.8 Å². The minimum atomic E-state index is -0.101. The number of benzene rings is 2. The Morgan fingerprint density at radius 1 is 1.12 bits per heavy atom. The number of carbonyl (C=O) groups excluding carboxylic acids is 1. The van der Waals surface area contributed by atoms with Crippen molar-refractivity contribution in [1.82, 2.24) is 9.47 Å². The molecule has 2 aromatic carbocycles. The molecule has 168 valence electrons. The summed E-state index contributed by atoms with van der Waals surface area (Å²) in [5.41, 5.74) is 2.15. The van der Waals surface area contributed by atoms with Crippen LogP contribution < -0.4 is 10.3 Å². The van der Waals surface area contributed by atoms with Crippen LogP contribution in [-0.4, -0.2) is 42.5 Å². The number of methoxy groups -OCH3 is 1. The fraction of sp³-hybridized carbons (Fsp3) is 0.231. The van der Waals surface area contributed by atoms with Crippen LogP contribution in [0.5, 0.6) is 5.75 Å². The number of aromatic nitrogens is 1. The van der Waals surface area contributed by atoms with Crippen LogP contribution in [0.3, 0.4) is 0 Å². The zero-order valence-electron chi connectivity index (χ0n) is 18.4. The molecule has 0 saturated carbocycles. The summed E-state index contributed by atoms with van der Waals surface area (Å²) in [7, 11) is 3.58. The van der Waals surface area contributed by atoms with Crippen LogP contribution >= 0.6 is 22.9 Å². The summed E-state index contributed by atoms with van der Waals surface area (Å²) in [6.45, 7) is 1.68. The molecule has 2 aromatic heterocycles. The van der Waals surface area contributed by atoms with Crippen LogP contribution in [0.25, 0.3) is 26.2 Å². The smallest absolute Gasteiger partial charge is 0.273 e. The first-order valence-electron chi connectivity index (χ1n) is 10.8. The summed E-state index contributed by atoms with van der Waals surface area (Å²) in [5, 5.41) is 1.58. The van der Waals surface area contributed by atoms with E-state index in [-0.39, 0.29) is 17.3 Å². The second-order valence-corrected chi connectivity index (χ2v) is 9.88. The average molecular weight is 479 g/mol. The van der Waals surface area contributed by atoms with Crippen molar-refractivity contribution < 1.29 is 9.53 Å². The van der Waals surface area contributed by atoms with Gasteiger partial charge < -0.3 is 9.64 Å². The van der Waals surface area contributed by atoms with Gasteiger partial charge >= 0.3 is 0 Å². The molecule has 0 radical (unpaired) electrons. The fourth-order valence-electron chi connectivity index (χ4n) is 4.39. The van der Waals surface area contributed by atoms with E-state index in [1.807, 2.05) is 49.5 Å². The molecule has 0 spiro atoms. The van der Waals surface area contributed by atoms with Gasteiger partial charge in [0.15, 0.2) is 5.78 Å². The van der Waals surface area contributed by atoms with E-state index in [4.69, 9.17) is 16.3 Å². The van der Waals surface area contributed by atoms with E-state index in [0.717, 1.165) is 35.3 Å². The first-order chi connectivity index (χ1) is 15.9. The molecule has 0 N–H and O–H groups in total. The topological polar surface area (TPSA) is 51.5 Å². The van der Waals surface area contributed by atoms with Crippen molar-refractivity contribution in [2.45, 2.75) is 6.42 Å². The minimum absolute atomic E-state index is 0.0220. The number of halogens is 1. The third-order valence-electron chi connectivity index (χ3n) is 6.20. The van der Waals surface area contributed by atoms with Crippen molar-refractivity contribution in [3.63, 3.8) is 0 Å². The molecule has 1 fully saturated rings. The van der Waals surface area contributed by atoms with Crippen molar-refractivity contribution in [3.05, 3.63) is 81.7 Å². The maximum absolute atomic E-state index is 13.3. The molecular formula is C26H23ClN2O3S. The SMILES string of the molecule is COc1cc(-n2ccc3cc(-c4ccc(Cl)cc4)sc3c2=O)ccc1C(=O)C1CCN(C)C1. The van der Waals surface area contributed by atoms with E-state index in [2.05, 4.69) is 4.90 Å². The largest absolute Gasteiger partial charge is 0.496 e. The number of nitrogens with zero attached hydrogens (tertiary/aromatic N) is 2. The molecule has 1 aliphatic rings. The van der Waals surface area contributed by atoms with Crippen LogP contribution in [0.1, 0.15) is 16.8 Å². The van der Waals surface area contributed by atoms with Gasteiger partial charge in [0.1, 0.15) is 10.4 Å². The predicted octanol–water partition coefficient (Wildman–Crippen LogP) is 5.52. The Bertz CT molecular complexity index is 1410. The highest BCUT2D eigenvalue weighted by atomic mass is 35.5. The van der Waals surface area contributed by atoms with Gasteiger partial charge in [-0.25, -0.2) is 0 Å². The molecule has 0 amide bonds. The molecule has 1 aliphatic heterocycles. The number of ether oxygens (including phenoxy) is 1. The molecule has 7 heteroatoms. The molecule has 1 atom stereocenters. The van der Waals surface area contributed by atoms with E-state index in [1.54, 1.807) is 30.0 Å². The molecule has 1 saturated heterocycles. The lowest BCUT2D eigenvalue weighted by molar-refractivity contribution is 0.0921. The standard InChI is InChI=1S/C26H23ClN2O3S/c1-28-11-9-18(15-28)24(30)21-8-7-20(14-22(21)32-2)29-12-10-17-13-23(33-25(17)26(29)31)16-3-5-19(27)6-4-16/h3-8,10,12-14,18H,9,11,15H2,1-2H3. The summed E-state index contributed by atoms with van der Waals surface area (Å²) in [5.74, 6) is 0.565. The molecular weight excluding hydrogens is 456 g/mol. The highest BCUT2D eigenvalue weighted by Crippen LogP contribution is 2.33. The lowest BCUT2D eigenvalue weighted by Crippen LogP contribution is -2.21. The van der Waals surface area contributed by atoms with E-state index in [1.165, 1.54) is 11.3 Å². The number of fused-ring (bicyclic) bond motifs is 1. The average Bonchev–Trinajstić information content (AvgIpc) is 3.46. The Morgan fingerprint density at radius 3 is 2.61 bits per heavy atom. The Labute approximate surface area is 200 Å². The fourth-order valence-corrected chi connectivity index (χ4v) is 5.61. The van der Waals surface area contributed by atoms with Gasteiger partial charge in [-0.1, -0.05) is 23.7 Å². The van der Waals surface area contributed by atoms with Gasteiger partial charge in [0.25, 0.3) is 5.56 Å². The Balaban J connectivity index is 1.52. The van der Waals surface area contributed by atoms with Crippen LogP contribution in [0.2, 0.25) is 5.02 Å². The second-order valence-electron chi connectivity index (χ2n) is 8.39. The van der Waals surface area contributed by atoms with Crippen LogP contribution in [0.4, 0.5) is 0 Å². The predicted molar refractivity (Wildman–Crippen MR) is 134 cm³/mol. The lowest BCUT2D eigenvalue weighted by atomic mass is 9.96. The summed E-state index contributed by atoms with van der Waals surface area (Å²) in [6, 6.07) is 16.9. The number of hydrogen-bond acceptors (Lipinski definition) is 5. The minimum Gasteiger partial charge on any atom is -0.496 e. The number of rotatable bonds is 5. The molecule has 0 aliphatic carbocycles. The highest BCUT2D eigenvalue weighted by molar-refractivity contribution is 7.22. The summed E-state index contributed by atoms with van der Waals surface area (Å²) >= 11 is 7.47. The molecule has 4 aromatic rings.